The van der Waals surface area contributed by atoms with E-state index in [4.69, 9.17) is 4.99 Å². The van der Waals surface area contributed by atoms with Gasteiger partial charge in [-0.1, -0.05) is 19.8 Å². The highest BCUT2D eigenvalue weighted by Crippen LogP contribution is 2.37. The van der Waals surface area contributed by atoms with E-state index in [9.17, 15) is 0 Å². The molecule has 3 rings (SSSR count). The number of nitrogens with zero attached hydrogens (tertiary/aromatic N) is 5. The molecule has 1 aliphatic heterocycles. The minimum Gasteiger partial charge on any atom is -0.357 e. The Labute approximate surface area is 145 Å². The Bertz CT molecular complexity index is 530. The zero-order chi connectivity index (χ0) is 16.8. The molecule has 0 unspecified atom stereocenters. The molecule has 2 heterocycles. The maximum absolute atomic E-state index is 4.97. The predicted octanol–water partition coefficient (Wildman–Crippen LogP) is 2.14. The van der Waals surface area contributed by atoms with Gasteiger partial charge >= 0.3 is 0 Å². The van der Waals surface area contributed by atoms with Crippen LogP contribution in [0, 0.1) is 5.41 Å². The second kappa shape index (κ2) is 7.81. The molecule has 6 nitrogen and oxygen atoms in total. The molecule has 1 aromatic rings. The van der Waals surface area contributed by atoms with E-state index in [1.165, 1.54) is 25.7 Å². The molecule has 0 spiro atoms. The molecule has 1 saturated carbocycles. The van der Waals surface area contributed by atoms with E-state index in [1.54, 1.807) is 0 Å². The van der Waals surface area contributed by atoms with Crippen molar-refractivity contribution in [2.24, 2.45) is 10.4 Å². The molecule has 0 aromatic carbocycles. The van der Waals surface area contributed by atoms with Gasteiger partial charge in [0.15, 0.2) is 5.96 Å². The number of aromatic nitrogens is 2. The minimum atomic E-state index is 0.403. The Hall–Kier alpha value is -1.85. The van der Waals surface area contributed by atoms with Crippen molar-refractivity contribution in [3.05, 3.63) is 18.5 Å². The van der Waals surface area contributed by atoms with Crippen molar-refractivity contribution >= 4 is 11.9 Å². The molecular formula is C18H30N6. The largest absolute Gasteiger partial charge is 0.357 e. The molecule has 2 fully saturated rings. The smallest absolute Gasteiger partial charge is 0.225 e. The fourth-order valence-corrected chi connectivity index (χ4v) is 3.65. The van der Waals surface area contributed by atoms with Crippen molar-refractivity contribution in [2.75, 3.05) is 44.2 Å². The first kappa shape index (κ1) is 17.0. The van der Waals surface area contributed by atoms with Gasteiger partial charge in [0, 0.05) is 51.7 Å². The highest BCUT2D eigenvalue weighted by molar-refractivity contribution is 5.80. The molecule has 2 aliphatic rings. The summed E-state index contributed by atoms with van der Waals surface area (Å²) in [6.07, 6.45) is 8.96. The molecule has 24 heavy (non-hydrogen) atoms. The molecule has 6 heteroatoms. The number of hydrogen-bond donors (Lipinski definition) is 1. The van der Waals surface area contributed by atoms with Gasteiger partial charge in [-0.25, -0.2) is 9.97 Å². The molecule has 1 N–H and O–H groups in total. The molecule has 0 radical (unpaired) electrons. The third-order valence-corrected chi connectivity index (χ3v) is 5.17. The average molecular weight is 330 g/mol. The maximum Gasteiger partial charge on any atom is 0.225 e. The van der Waals surface area contributed by atoms with Gasteiger partial charge in [0.1, 0.15) is 0 Å². The number of guanidine groups is 1. The number of nitrogens with one attached hydrogen (secondary N) is 1. The molecule has 1 saturated heterocycles. The maximum atomic E-state index is 4.97. The molecule has 1 aliphatic carbocycles. The normalized spacial score (nSPS) is 21.2. The van der Waals surface area contributed by atoms with Crippen molar-refractivity contribution < 1.29 is 0 Å². The highest BCUT2D eigenvalue weighted by atomic mass is 15.4. The first-order chi connectivity index (χ1) is 11.7. The van der Waals surface area contributed by atoms with Gasteiger partial charge in [-0.15, -0.1) is 0 Å². The highest BCUT2D eigenvalue weighted by Gasteiger charge is 2.29. The zero-order valence-electron chi connectivity index (χ0n) is 15.0. The van der Waals surface area contributed by atoms with Crippen molar-refractivity contribution in [3.8, 4) is 0 Å². The second-order valence-electron chi connectivity index (χ2n) is 7.21. The van der Waals surface area contributed by atoms with Crippen molar-refractivity contribution in [1.82, 2.24) is 20.2 Å². The van der Waals surface area contributed by atoms with Crippen molar-refractivity contribution in [3.63, 3.8) is 0 Å². The Morgan fingerprint density at radius 3 is 2.46 bits per heavy atom. The van der Waals surface area contributed by atoms with Crippen LogP contribution >= 0.6 is 0 Å². The van der Waals surface area contributed by atoms with Gasteiger partial charge in [0.2, 0.25) is 5.95 Å². The first-order valence-corrected chi connectivity index (χ1v) is 9.25. The summed E-state index contributed by atoms with van der Waals surface area (Å²) < 4.78 is 0. The Morgan fingerprint density at radius 1 is 1.17 bits per heavy atom. The SMILES string of the molecule is CCNC(=NCC1(C)CCCC1)N1CCN(c2ncccn2)CC1. The summed E-state index contributed by atoms with van der Waals surface area (Å²) in [5.41, 5.74) is 0.403. The van der Waals surface area contributed by atoms with Crippen LogP contribution in [0.4, 0.5) is 5.95 Å². The van der Waals surface area contributed by atoms with Crippen LogP contribution in [0.15, 0.2) is 23.5 Å². The molecule has 0 amide bonds. The van der Waals surface area contributed by atoms with Crippen LogP contribution in [-0.2, 0) is 0 Å². The predicted molar refractivity (Wildman–Crippen MR) is 98.4 cm³/mol. The van der Waals surface area contributed by atoms with E-state index >= 15 is 0 Å². The van der Waals surface area contributed by atoms with Crippen molar-refractivity contribution in [1.29, 1.82) is 0 Å². The third-order valence-electron chi connectivity index (χ3n) is 5.17. The van der Waals surface area contributed by atoms with E-state index in [0.29, 0.717) is 5.41 Å². The standard InChI is InChI=1S/C18H30N6/c1-3-19-16(22-15-18(2)7-4-5-8-18)23-11-13-24(14-12-23)17-20-9-6-10-21-17/h6,9-10H,3-5,7-8,11-15H2,1-2H3,(H,19,22). The van der Waals surface area contributed by atoms with E-state index in [2.05, 4.69) is 38.9 Å². The summed E-state index contributed by atoms with van der Waals surface area (Å²) in [7, 11) is 0. The lowest BCUT2D eigenvalue weighted by atomic mass is 9.89. The van der Waals surface area contributed by atoms with Gasteiger partial charge in [-0.05, 0) is 31.2 Å². The first-order valence-electron chi connectivity index (χ1n) is 9.25. The second-order valence-corrected chi connectivity index (χ2v) is 7.21. The summed E-state index contributed by atoms with van der Waals surface area (Å²) in [4.78, 5) is 18.3. The monoisotopic (exact) mass is 330 g/mol. The van der Waals surface area contributed by atoms with Crippen LogP contribution in [0.5, 0.6) is 0 Å². The fourth-order valence-electron chi connectivity index (χ4n) is 3.65. The Kier molecular flexibility index (Phi) is 5.53. The zero-order valence-corrected chi connectivity index (χ0v) is 15.0. The van der Waals surface area contributed by atoms with E-state index in [0.717, 1.165) is 51.2 Å². The topological polar surface area (TPSA) is 56.7 Å². The van der Waals surface area contributed by atoms with Crippen LogP contribution in [0.3, 0.4) is 0 Å². The third kappa shape index (κ3) is 4.16. The van der Waals surface area contributed by atoms with Crippen LogP contribution in [0.1, 0.15) is 39.5 Å². The van der Waals surface area contributed by atoms with E-state index in [-0.39, 0.29) is 0 Å². The van der Waals surface area contributed by atoms with Gasteiger partial charge in [0.05, 0.1) is 0 Å². The average Bonchev–Trinajstić information content (AvgIpc) is 3.06. The Morgan fingerprint density at radius 2 is 1.83 bits per heavy atom. The van der Waals surface area contributed by atoms with Gasteiger partial charge < -0.3 is 15.1 Å². The van der Waals surface area contributed by atoms with Crippen LogP contribution < -0.4 is 10.2 Å². The minimum absolute atomic E-state index is 0.403. The summed E-state index contributed by atoms with van der Waals surface area (Å²) in [5.74, 6) is 1.90. The van der Waals surface area contributed by atoms with Crippen LogP contribution in [0.2, 0.25) is 0 Å². The lowest BCUT2D eigenvalue weighted by molar-refractivity contribution is 0.338. The number of piperazine rings is 1. The molecule has 0 bridgehead atoms. The number of rotatable bonds is 4. The fraction of sp³-hybridized carbons (Fsp3) is 0.722. The van der Waals surface area contributed by atoms with Crippen LogP contribution in [0.25, 0.3) is 0 Å². The van der Waals surface area contributed by atoms with Gasteiger partial charge in [-0.2, -0.15) is 0 Å². The number of aliphatic imine (C=N–C) groups is 1. The lowest BCUT2D eigenvalue weighted by Gasteiger charge is -2.36. The van der Waals surface area contributed by atoms with Gasteiger partial charge in [0.25, 0.3) is 0 Å². The molecule has 1 aromatic heterocycles. The van der Waals surface area contributed by atoms with E-state index < -0.39 is 0 Å². The van der Waals surface area contributed by atoms with Crippen LogP contribution in [-0.4, -0.2) is 60.1 Å². The summed E-state index contributed by atoms with van der Waals surface area (Å²) in [6, 6.07) is 1.86. The summed E-state index contributed by atoms with van der Waals surface area (Å²) in [5, 5.41) is 3.47. The lowest BCUT2D eigenvalue weighted by Crippen LogP contribution is -2.53. The number of anilines is 1. The Balaban J connectivity index is 1.59. The molecule has 132 valence electrons. The van der Waals surface area contributed by atoms with Gasteiger partial charge in [-0.3, -0.25) is 4.99 Å². The summed E-state index contributed by atoms with van der Waals surface area (Å²) in [6.45, 7) is 10.2. The molecular weight excluding hydrogens is 300 g/mol. The van der Waals surface area contributed by atoms with E-state index in [1.807, 2.05) is 18.5 Å². The molecule has 0 atom stereocenters. The van der Waals surface area contributed by atoms with Crippen molar-refractivity contribution in [2.45, 2.75) is 39.5 Å². The summed E-state index contributed by atoms with van der Waals surface area (Å²) >= 11 is 0. The number of hydrogen-bond acceptors (Lipinski definition) is 4. The quantitative estimate of drug-likeness (QED) is 0.677.